The molecule has 0 aliphatic heterocycles. The summed E-state index contributed by atoms with van der Waals surface area (Å²) >= 11 is 0. The van der Waals surface area contributed by atoms with Crippen molar-refractivity contribution in [3.05, 3.63) is 24.0 Å². The maximum absolute atomic E-state index is 13.3. The van der Waals surface area contributed by atoms with E-state index in [2.05, 4.69) is 26.0 Å². The van der Waals surface area contributed by atoms with E-state index in [-0.39, 0.29) is 12.8 Å². The standard InChI is InChI=1S/C42H78N2O8/c1-9-11-13-15-17-19-21-23-25-27-35(45)29-30-38(42(49)50)39(34-44(6,7)8)51-36(28-26-24-22-20-18-16-14-12-10-2)32-41(48)52-37(31-40(46)47)33-43(3,4)5/h15,17,32,35,37-39,45H,9-14,16,18-31,33-34H2,1-8H3/p+2. The largest absolute Gasteiger partial charge is 0.488 e. The molecule has 0 aromatic carbocycles. The lowest BCUT2D eigenvalue weighted by molar-refractivity contribution is -0.873. The molecule has 4 unspecified atom stereocenters. The monoisotopic (exact) mass is 741 g/mol. The molecule has 0 amide bonds. The van der Waals surface area contributed by atoms with Crippen molar-refractivity contribution >= 4 is 17.9 Å². The molecule has 0 saturated carbocycles. The molecule has 3 N–H and O–H groups in total. The third-order valence-corrected chi connectivity index (χ3v) is 9.15. The average molecular weight is 741 g/mol. The second kappa shape index (κ2) is 29.0. The van der Waals surface area contributed by atoms with E-state index in [0.29, 0.717) is 47.1 Å². The van der Waals surface area contributed by atoms with Crippen molar-refractivity contribution < 1.29 is 48.1 Å². The lowest BCUT2D eigenvalue weighted by Crippen LogP contribution is -2.47. The summed E-state index contributed by atoms with van der Waals surface area (Å²) in [6.45, 7) is 5.11. The summed E-state index contributed by atoms with van der Waals surface area (Å²) in [4.78, 5) is 37.6. The van der Waals surface area contributed by atoms with Crippen LogP contribution in [0.5, 0.6) is 0 Å². The molecular weight excluding hydrogens is 660 g/mol. The van der Waals surface area contributed by atoms with Gasteiger partial charge < -0.3 is 33.8 Å². The van der Waals surface area contributed by atoms with E-state index < -0.39 is 42.1 Å². The first-order valence-electron chi connectivity index (χ1n) is 20.4. The Labute approximate surface area is 317 Å². The highest BCUT2D eigenvalue weighted by atomic mass is 16.5. The minimum Gasteiger partial charge on any atom is -0.488 e. The van der Waals surface area contributed by atoms with Gasteiger partial charge >= 0.3 is 17.9 Å². The van der Waals surface area contributed by atoms with Gasteiger partial charge in [0.2, 0.25) is 0 Å². The van der Waals surface area contributed by atoms with Crippen molar-refractivity contribution in [2.45, 2.75) is 167 Å². The van der Waals surface area contributed by atoms with E-state index in [1.54, 1.807) is 0 Å². The summed E-state index contributed by atoms with van der Waals surface area (Å²) in [6.07, 6.45) is 22.7. The number of aliphatic carboxylic acids is 2. The fraction of sp³-hybridized carbons (Fsp3) is 0.833. The number of carboxylic acids is 2. The van der Waals surface area contributed by atoms with Crippen LogP contribution < -0.4 is 0 Å². The predicted octanol–water partition coefficient (Wildman–Crippen LogP) is 8.51. The molecule has 10 heteroatoms. The average Bonchev–Trinajstić information content (AvgIpc) is 3.01. The number of unbranched alkanes of at least 4 members (excludes halogenated alkanes) is 13. The van der Waals surface area contributed by atoms with E-state index in [0.717, 1.165) is 57.8 Å². The molecule has 4 atom stereocenters. The Kier molecular flexibility index (Phi) is 27.6. The first-order valence-corrected chi connectivity index (χ1v) is 20.4. The number of ether oxygens (including phenoxy) is 2. The van der Waals surface area contributed by atoms with Gasteiger partial charge in [0.05, 0.1) is 66.8 Å². The summed E-state index contributed by atoms with van der Waals surface area (Å²) in [5, 5.41) is 30.7. The molecule has 0 rings (SSSR count). The van der Waals surface area contributed by atoms with Gasteiger partial charge in [0.1, 0.15) is 18.8 Å². The summed E-state index contributed by atoms with van der Waals surface area (Å²) in [5.41, 5.74) is 0. The first kappa shape index (κ1) is 49.6. The molecule has 10 nitrogen and oxygen atoms in total. The van der Waals surface area contributed by atoms with Gasteiger partial charge in [-0.15, -0.1) is 0 Å². The van der Waals surface area contributed by atoms with Gasteiger partial charge in [-0.3, -0.25) is 9.59 Å². The quantitative estimate of drug-likeness (QED) is 0.0150. The normalized spacial score (nSPS) is 15.0. The molecule has 0 spiro atoms. The lowest BCUT2D eigenvalue weighted by atomic mass is 9.92. The Morgan fingerprint density at radius 1 is 0.635 bits per heavy atom. The number of carboxylic acid groups (broad SMARTS) is 2. The summed E-state index contributed by atoms with van der Waals surface area (Å²) < 4.78 is 13.0. The molecule has 0 radical (unpaired) electrons. The Morgan fingerprint density at radius 3 is 1.71 bits per heavy atom. The van der Waals surface area contributed by atoms with E-state index >= 15 is 0 Å². The Morgan fingerprint density at radius 2 is 1.17 bits per heavy atom. The maximum atomic E-state index is 13.3. The van der Waals surface area contributed by atoms with Gasteiger partial charge in [0, 0.05) is 6.42 Å². The Balaban J connectivity index is 5.78. The molecule has 52 heavy (non-hydrogen) atoms. The smallest absolute Gasteiger partial charge is 0.334 e. The van der Waals surface area contributed by atoms with E-state index in [1.165, 1.54) is 51.0 Å². The summed E-state index contributed by atoms with van der Waals surface area (Å²) in [6, 6.07) is 0. The maximum Gasteiger partial charge on any atom is 0.334 e. The van der Waals surface area contributed by atoms with Crippen molar-refractivity contribution in [1.29, 1.82) is 0 Å². The third kappa shape index (κ3) is 30.1. The van der Waals surface area contributed by atoms with Crippen molar-refractivity contribution in [2.75, 3.05) is 55.4 Å². The minimum atomic E-state index is -1.05. The lowest BCUT2D eigenvalue weighted by Gasteiger charge is -2.33. The number of quaternary nitrogens is 2. The molecule has 0 bridgehead atoms. The second-order valence-corrected chi connectivity index (χ2v) is 16.9. The van der Waals surface area contributed by atoms with Crippen LogP contribution in [-0.4, -0.2) is 116 Å². The van der Waals surface area contributed by atoms with Crippen LogP contribution in [-0.2, 0) is 23.9 Å². The van der Waals surface area contributed by atoms with Crippen LogP contribution >= 0.6 is 0 Å². The molecule has 0 saturated heterocycles. The van der Waals surface area contributed by atoms with Gasteiger partial charge in [0.15, 0.2) is 12.2 Å². The van der Waals surface area contributed by atoms with Gasteiger partial charge in [-0.1, -0.05) is 103 Å². The molecule has 0 aliphatic carbocycles. The number of likely N-dealkylation sites (N-methyl/N-ethyl adjacent to an activating group) is 2. The molecule has 0 fully saturated rings. The number of carbonyl (C=O) groups is 3. The van der Waals surface area contributed by atoms with Crippen molar-refractivity contribution in [1.82, 2.24) is 0 Å². The van der Waals surface area contributed by atoms with Gasteiger partial charge in [-0.2, -0.15) is 0 Å². The molecule has 0 aromatic rings. The number of nitrogens with zero attached hydrogens (tertiary/aromatic N) is 2. The van der Waals surface area contributed by atoms with E-state index in [4.69, 9.17) is 9.47 Å². The van der Waals surface area contributed by atoms with Crippen LogP contribution in [0.1, 0.15) is 149 Å². The molecule has 0 heterocycles. The number of hydrogen-bond donors (Lipinski definition) is 3. The van der Waals surface area contributed by atoms with Gasteiger partial charge in [0.25, 0.3) is 0 Å². The third-order valence-electron chi connectivity index (χ3n) is 9.15. The van der Waals surface area contributed by atoms with E-state index in [1.807, 2.05) is 42.3 Å². The fourth-order valence-electron chi connectivity index (χ4n) is 6.40. The topological polar surface area (TPSA) is 130 Å². The predicted molar refractivity (Wildman–Crippen MR) is 211 cm³/mol. The van der Waals surface area contributed by atoms with Crippen LogP contribution in [0.25, 0.3) is 0 Å². The number of hydrogen-bond acceptors (Lipinski definition) is 6. The molecule has 304 valence electrons. The van der Waals surface area contributed by atoms with Gasteiger partial charge in [-0.05, 0) is 44.9 Å². The van der Waals surface area contributed by atoms with Gasteiger partial charge in [-0.25, -0.2) is 4.79 Å². The highest BCUT2D eigenvalue weighted by molar-refractivity contribution is 5.83. The van der Waals surface area contributed by atoms with Crippen LogP contribution in [0.3, 0.4) is 0 Å². The zero-order chi connectivity index (χ0) is 39.4. The zero-order valence-electron chi connectivity index (χ0n) is 34.6. The van der Waals surface area contributed by atoms with Crippen LogP contribution in [0.4, 0.5) is 0 Å². The van der Waals surface area contributed by atoms with Crippen molar-refractivity contribution in [3.8, 4) is 0 Å². The number of aliphatic hydroxyl groups excluding tert-OH is 1. The zero-order valence-corrected chi connectivity index (χ0v) is 34.6. The molecule has 0 aliphatic rings. The van der Waals surface area contributed by atoms with Crippen LogP contribution in [0, 0.1) is 5.92 Å². The number of rotatable bonds is 34. The van der Waals surface area contributed by atoms with E-state index in [9.17, 15) is 29.7 Å². The van der Waals surface area contributed by atoms with Crippen LogP contribution in [0.2, 0.25) is 0 Å². The first-order chi connectivity index (χ1) is 24.5. The second-order valence-electron chi connectivity index (χ2n) is 16.9. The fourth-order valence-corrected chi connectivity index (χ4v) is 6.40. The van der Waals surface area contributed by atoms with Crippen molar-refractivity contribution in [3.63, 3.8) is 0 Å². The molecular formula is C42H80N2O8+2. The number of carbonyl (C=O) groups excluding carboxylic acids is 1. The Bertz CT molecular complexity index is 1010. The number of aliphatic hydroxyl groups is 1. The number of allylic oxidation sites excluding steroid dienone is 3. The highest BCUT2D eigenvalue weighted by Gasteiger charge is 2.35. The highest BCUT2D eigenvalue weighted by Crippen LogP contribution is 2.25. The molecule has 0 aromatic heterocycles. The number of esters is 1. The van der Waals surface area contributed by atoms with Crippen molar-refractivity contribution in [2.24, 2.45) is 5.92 Å². The van der Waals surface area contributed by atoms with Crippen LogP contribution in [0.15, 0.2) is 24.0 Å². The Hall–Kier alpha value is -2.43. The SMILES string of the molecule is CCCCC=CCCCCCC(O)CCC(C(=O)O)C(C[N+](C)(C)C)OC(=CC(=O)OC(CC(=O)O)C[N+](C)(C)C)CCCCCCCCCCC. The summed E-state index contributed by atoms with van der Waals surface area (Å²) in [5.74, 6) is -3.25. The minimum absolute atomic E-state index is 0.251. The summed E-state index contributed by atoms with van der Waals surface area (Å²) in [7, 11) is 11.6.